The van der Waals surface area contributed by atoms with Crippen LogP contribution in [0.25, 0.3) is 16.9 Å². The number of rotatable bonds is 7. The van der Waals surface area contributed by atoms with Gasteiger partial charge in [0, 0.05) is 43.4 Å². The Bertz CT molecular complexity index is 1730. The zero-order valence-electron chi connectivity index (χ0n) is 22.9. The maximum absolute atomic E-state index is 14.2. The molecule has 3 aromatic heterocycles. The number of urea groups is 1. The minimum absolute atomic E-state index is 0.282. The molecule has 12 heteroatoms. The summed E-state index contributed by atoms with van der Waals surface area (Å²) in [5.74, 6) is -0.853. The molecule has 1 saturated heterocycles. The summed E-state index contributed by atoms with van der Waals surface area (Å²) >= 11 is 3.40. The standard InChI is InChI=1S/C30H28BrF2N7O2/c1-18-28(20-12-34-38(2)13-20)37-40(22-6-4-3-5-7-22)29(18)36-30(41)35-27-16-39(14-23-11-21(31)17-42-23)15-24(27)19-8-9-25(32)26(33)10-19/h3-13,17,24,27H,14-16H2,1-2H3,(H2,35,36,41)/t24-,27+/m0/s1. The Kier molecular flexibility index (Phi) is 7.65. The number of aryl methyl sites for hydroxylation is 1. The molecule has 5 aromatic rings. The van der Waals surface area contributed by atoms with Gasteiger partial charge < -0.3 is 9.73 Å². The summed E-state index contributed by atoms with van der Waals surface area (Å²) in [5.41, 5.74) is 3.67. The first-order chi connectivity index (χ1) is 20.2. The van der Waals surface area contributed by atoms with Crippen LogP contribution in [0.2, 0.25) is 0 Å². The van der Waals surface area contributed by atoms with Gasteiger partial charge in [0.1, 0.15) is 23.5 Å². The Morgan fingerprint density at radius 3 is 2.62 bits per heavy atom. The third-order valence-corrected chi connectivity index (χ3v) is 7.83. The number of carbonyl (C=O) groups is 1. The van der Waals surface area contributed by atoms with E-state index in [0.29, 0.717) is 36.7 Å². The van der Waals surface area contributed by atoms with E-state index in [2.05, 4.69) is 36.6 Å². The Balaban J connectivity index is 1.28. The summed E-state index contributed by atoms with van der Waals surface area (Å²) in [6.07, 6.45) is 5.20. The first-order valence-corrected chi connectivity index (χ1v) is 14.2. The molecule has 9 nitrogen and oxygen atoms in total. The summed E-state index contributed by atoms with van der Waals surface area (Å²) < 4.78 is 37.8. The van der Waals surface area contributed by atoms with E-state index in [1.165, 1.54) is 6.07 Å². The fourth-order valence-corrected chi connectivity index (χ4v) is 5.78. The first-order valence-electron chi connectivity index (χ1n) is 13.4. The lowest BCUT2D eigenvalue weighted by atomic mass is 9.94. The predicted molar refractivity (Wildman–Crippen MR) is 157 cm³/mol. The third kappa shape index (κ3) is 5.72. The first kappa shape index (κ1) is 27.9. The highest BCUT2D eigenvalue weighted by molar-refractivity contribution is 9.10. The normalized spacial score (nSPS) is 17.1. The van der Waals surface area contributed by atoms with Gasteiger partial charge in [-0.3, -0.25) is 14.9 Å². The van der Waals surface area contributed by atoms with Crippen molar-refractivity contribution in [1.29, 1.82) is 0 Å². The van der Waals surface area contributed by atoms with Crippen molar-refractivity contribution in [2.24, 2.45) is 7.05 Å². The van der Waals surface area contributed by atoms with E-state index in [1.54, 1.807) is 27.9 Å². The molecule has 216 valence electrons. The molecule has 0 spiro atoms. The lowest BCUT2D eigenvalue weighted by Crippen LogP contribution is -2.42. The smallest absolute Gasteiger partial charge is 0.320 e. The van der Waals surface area contributed by atoms with Crippen LogP contribution in [-0.2, 0) is 13.6 Å². The van der Waals surface area contributed by atoms with E-state index in [-0.39, 0.29) is 12.0 Å². The molecular formula is C30H28BrF2N7O2. The average Bonchev–Trinajstić information content (AvgIpc) is 3.75. The average molecular weight is 637 g/mol. The van der Waals surface area contributed by atoms with Crippen LogP contribution in [0.4, 0.5) is 19.4 Å². The van der Waals surface area contributed by atoms with Gasteiger partial charge in [-0.2, -0.15) is 10.2 Å². The van der Waals surface area contributed by atoms with Gasteiger partial charge in [0.25, 0.3) is 0 Å². The number of furan rings is 1. The van der Waals surface area contributed by atoms with Crippen LogP contribution in [0.1, 0.15) is 22.8 Å². The third-order valence-electron chi connectivity index (χ3n) is 7.42. The molecule has 0 saturated carbocycles. The Labute approximate surface area is 249 Å². The number of nitrogens with zero attached hydrogens (tertiary/aromatic N) is 5. The van der Waals surface area contributed by atoms with E-state index in [4.69, 9.17) is 9.52 Å². The molecule has 0 radical (unpaired) electrons. The minimum Gasteiger partial charge on any atom is -0.467 e. The van der Waals surface area contributed by atoms with Crippen molar-refractivity contribution in [2.75, 3.05) is 18.4 Å². The monoisotopic (exact) mass is 635 g/mol. The SMILES string of the molecule is Cc1c(-c2cnn(C)c2)nn(-c2ccccc2)c1NC(=O)N[C@@H]1CN(Cc2cc(Br)co2)C[C@H]1c1ccc(F)c(F)c1. The van der Waals surface area contributed by atoms with Crippen molar-refractivity contribution in [2.45, 2.75) is 25.4 Å². The lowest BCUT2D eigenvalue weighted by molar-refractivity contribution is 0.246. The summed E-state index contributed by atoms with van der Waals surface area (Å²) in [6.45, 7) is 3.39. The second kappa shape index (κ2) is 11.5. The van der Waals surface area contributed by atoms with Gasteiger partial charge >= 0.3 is 6.03 Å². The van der Waals surface area contributed by atoms with Gasteiger partial charge in [0.05, 0.1) is 28.9 Å². The molecule has 2 amide bonds. The van der Waals surface area contributed by atoms with E-state index >= 15 is 0 Å². The Hall–Kier alpha value is -4.29. The van der Waals surface area contributed by atoms with Crippen LogP contribution in [0.3, 0.4) is 0 Å². The molecule has 2 N–H and O–H groups in total. The number of aromatic nitrogens is 4. The van der Waals surface area contributed by atoms with Crippen molar-refractivity contribution in [3.05, 3.63) is 106 Å². The van der Waals surface area contributed by atoms with Crippen LogP contribution < -0.4 is 10.6 Å². The highest BCUT2D eigenvalue weighted by Crippen LogP contribution is 2.32. The zero-order valence-corrected chi connectivity index (χ0v) is 24.5. The van der Waals surface area contributed by atoms with Crippen LogP contribution in [-0.4, -0.2) is 49.6 Å². The molecule has 42 heavy (non-hydrogen) atoms. The fraction of sp³-hybridized carbons (Fsp3) is 0.233. The molecule has 2 aromatic carbocycles. The molecule has 0 bridgehead atoms. The number of likely N-dealkylation sites (tertiary alicyclic amines) is 1. The highest BCUT2D eigenvalue weighted by atomic mass is 79.9. The summed E-state index contributed by atoms with van der Waals surface area (Å²) in [4.78, 5) is 15.7. The van der Waals surface area contributed by atoms with Gasteiger partial charge in [-0.15, -0.1) is 0 Å². The highest BCUT2D eigenvalue weighted by Gasteiger charge is 2.36. The number of carbonyl (C=O) groups excluding carboxylic acids is 1. The maximum atomic E-state index is 14.2. The molecule has 1 fully saturated rings. The number of benzene rings is 2. The van der Waals surface area contributed by atoms with Gasteiger partial charge in [-0.05, 0) is 58.7 Å². The number of hydrogen-bond acceptors (Lipinski definition) is 5. The van der Waals surface area contributed by atoms with Crippen molar-refractivity contribution in [3.63, 3.8) is 0 Å². The quantitative estimate of drug-likeness (QED) is 0.229. The van der Waals surface area contributed by atoms with Crippen LogP contribution in [0, 0.1) is 18.6 Å². The number of amides is 2. The number of halogens is 3. The van der Waals surface area contributed by atoms with Gasteiger partial charge in [-0.25, -0.2) is 18.3 Å². The molecule has 2 atom stereocenters. The van der Waals surface area contributed by atoms with Gasteiger partial charge in [0.15, 0.2) is 11.6 Å². The molecule has 1 aliphatic rings. The van der Waals surface area contributed by atoms with Crippen molar-refractivity contribution in [1.82, 2.24) is 29.8 Å². The summed E-state index contributed by atoms with van der Waals surface area (Å²) in [7, 11) is 1.83. The van der Waals surface area contributed by atoms with E-state index in [0.717, 1.165) is 33.1 Å². The van der Waals surface area contributed by atoms with E-state index in [1.807, 2.05) is 56.6 Å². The van der Waals surface area contributed by atoms with E-state index < -0.39 is 17.7 Å². The Morgan fingerprint density at radius 1 is 1.12 bits per heavy atom. The van der Waals surface area contributed by atoms with Crippen molar-refractivity contribution < 1.29 is 18.0 Å². The van der Waals surface area contributed by atoms with Crippen LogP contribution in [0.5, 0.6) is 0 Å². The zero-order chi connectivity index (χ0) is 29.4. The second-order valence-corrected chi connectivity index (χ2v) is 11.3. The number of anilines is 1. The molecule has 4 heterocycles. The van der Waals surface area contributed by atoms with Crippen molar-refractivity contribution >= 4 is 27.8 Å². The topological polar surface area (TPSA) is 93.2 Å². The minimum atomic E-state index is -0.922. The van der Waals surface area contributed by atoms with Crippen LogP contribution in [0.15, 0.2) is 82.1 Å². The molecule has 0 aliphatic carbocycles. The van der Waals surface area contributed by atoms with Gasteiger partial charge in [0.2, 0.25) is 0 Å². The number of para-hydroxylation sites is 1. The van der Waals surface area contributed by atoms with Crippen LogP contribution >= 0.6 is 15.9 Å². The van der Waals surface area contributed by atoms with Crippen molar-refractivity contribution in [3.8, 4) is 16.9 Å². The molecular weight excluding hydrogens is 608 g/mol. The summed E-state index contributed by atoms with van der Waals surface area (Å²) in [5, 5.41) is 15.2. The number of nitrogens with one attached hydrogen (secondary N) is 2. The summed E-state index contributed by atoms with van der Waals surface area (Å²) in [6, 6.07) is 14.5. The second-order valence-electron chi connectivity index (χ2n) is 10.4. The van der Waals surface area contributed by atoms with Gasteiger partial charge in [-0.1, -0.05) is 24.3 Å². The maximum Gasteiger partial charge on any atom is 0.320 e. The largest absolute Gasteiger partial charge is 0.467 e. The molecule has 0 unspecified atom stereocenters. The fourth-order valence-electron chi connectivity index (χ4n) is 5.43. The predicted octanol–water partition coefficient (Wildman–Crippen LogP) is 6.00. The molecule has 6 rings (SSSR count). The van der Waals surface area contributed by atoms with E-state index in [9.17, 15) is 13.6 Å². The lowest BCUT2D eigenvalue weighted by Gasteiger charge is -2.21. The molecule has 1 aliphatic heterocycles. The Morgan fingerprint density at radius 2 is 1.93 bits per heavy atom. The number of hydrogen-bond donors (Lipinski definition) is 2.